The summed E-state index contributed by atoms with van der Waals surface area (Å²) in [7, 11) is -2.80. The highest BCUT2D eigenvalue weighted by atomic mass is 79.9. The topological polar surface area (TPSA) is 0 Å². The van der Waals surface area contributed by atoms with Crippen molar-refractivity contribution in [3.8, 4) is 22.9 Å². The summed E-state index contributed by atoms with van der Waals surface area (Å²) in [4.78, 5) is 0. The van der Waals surface area contributed by atoms with E-state index in [0.29, 0.717) is 0 Å². The van der Waals surface area contributed by atoms with Gasteiger partial charge in [-0.3, -0.25) is 0 Å². The summed E-state index contributed by atoms with van der Waals surface area (Å²) < 4.78 is 2.04. The first-order chi connectivity index (χ1) is 8.99. The summed E-state index contributed by atoms with van der Waals surface area (Å²) in [5.74, 6) is 6.69. The molecule has 0 aromatic heterocycles. The third kappa shape index (κ3) is 6.01. The fraction of sp³-hybridized carbons (Fsp3) is 0.375. The van der Waals surface area contributed by atoms with Gasteiger partial charge in [0.15, 0.2) is 0 Å². The molecule has 0 spiro atoms. The van der Waals surface area contributed by atoms with E-state index in [9.17, 15) is 0 Å². The van der Waals surface area contributed by atoms with Crippen LogP contribution in [0, 0.1) is 22.9 Å². The van der Waals surface area contributed by atoms with Gasteiger partial charge >= 0.3 is 0 Å². The van der Waals surface area contributed by atoms with Crippen molar-refractivity contribution in [3.63, 3.8) is 0 Å². The summed E-state index contributed by atoms with van der Waals surface area (Å²) in [6, 6.07) is 4.05. The van der Waals surface area contributed by atoms with Crippen molar-refractivity contribution >= 4 is 48.0 Å². The van der Waals surface area contributed by atoms with Crippen molar-refractivity contribution in [1.29, 1.82) is 0 Å². The average Bonchev–Trinajstić information content (AvgIpc) is 2.26. The lowest BCUT2D eigenvalue weighted by Crippen LogP contribution is -2.17. The van der Waals surface area contributed by atoms with Gasteiger partial charge in [-0.1, -0.05) is 51.1 Å². The maximum absolute atomic E-state index is 3.61. The molecule has 0 unspecified atom stereocenters. The molecule has 0 heterocycles. The largest absolute Gasteiger partial charge is 0.129 e. The van der Waals surface area contributed by atoms with E-state index in [1.807, 2.05) is 12.1 Å². The van der Waals surface area contributed by atoms with Crippen LogP contribution in [0.4, 0.5) is 0 Å². The molecule has 0 amide bonds. The van der Waals surface area contributed by atoms with Crippen LogP contribution in [-0.4, -0.2) is 16.1 Å². The van der Waals surface area contributed by atoms with Crippen LogP contribution in [0.5, 0.6) is 0 Å². The molecular weight excluding hydrogens is 408 g/mol. The quantitative estimate of drug-likeness (QED) is 0.369. The van der Waals surface area contributed by atoms with Gasteiger partial charge in [0, 0.05) is 8.95 Å². The molecule has 0 saturated heterocycles. The van der Waals surface area contributed by atoms with E-state index in [4.69, 9.17) is 0 Å². The van der Waals surface area contributed by atoms with Gasteiger partial charge in [0.2, 0.25) is 0 Å². The molecular formula is C16H20Br2Si2. The highest BCUT2D eigenvalue weighted by Crippen LogP contribution is 2.26. The van der Waals surface area contributed by atoms with Gasteiger partial charge in [-0.25, -0.2) is 0 Å². The van der Waals surface area contributed by atoms with E-state index in [2.05, 4.69) is 94.1 Å². The van der Waals surface area contributed by atoms with Crippen LogP contribution < -0.4 is 0 Å². The number of halogens is 2. The first kappa shape index (κ1) is 17.8. The minimum absolute atomic E-state index is 1.01. The maximum atomic E-state index is 3.61. The van der Waals surface area contributed by atoms with Gasteiger partial charge in [-0.15, -0.1) is 11.1 Å². The first-order valence-electron chi connectivity index (χ1n) is 6.54. The Morgan fingerprint density at radius 3 is 1.25 bits per heavy atom. The molecule has 0 aliphatic rings. The van der Waals surface area contributed by atoms with Crippen molar-refractivity contribution in [2.75, 3.05) is 0 Å². The Bertz CT molecular complexity index is 570. The molecule has 0 radical (unpaired) electrons. The third-order valence-corrected chi connectivity index (χ3v) is 5.30. The van der Waals surface area contributed by atoms with Crippen molar-refractivity contribution in [3.05, 3.63) is 32.2 Å². The number of hydrogen-bond acceptors (Lipinski definition) is 0. The van der Waals surface area contributed by atoms with Crippen LogP contribution in [0.2, 0.25) is 39.3 Å². The molecule has 0 aliphatic carbocycles. The van der Waals surface area contributed by atoms with Gasteiger partial charge in [-0.05, 0) is 44.0 Å². The van der Waals surface area contributed by atoms with Crippen LogP contribution >= 0.6 is 31.9 Å². The van der Waals surface area contributed by atoms with Gasteiger partial charge in [0.05, 0.1) is 11.1 Å². The lowest BCUT2D eigenvalue weighted by atomic mass is 10.1. The lowest BCUT2D eigenvalue weighted by Gasteiger charge is -2.08. The van der Waals surface area contributed by atoms with E-state index in [1.165, 1.54) is 0 Å². The van der Waals surface area contributed by atoms with E-state index < -0.39 is 16.1 Å². The molecule has 106 valence electrons. The van der Waals surface area contributed by atoms with E-state index in [1.54, 1.807) is 0 Å². The number of rotatable bonds is 0. The standard InChI is InChI=1S/C16H20Br2Si2/c1-19(2,3)11-9-13-14(10-12-20(4,5)6)16(18)8-7-15(13)17/h7-8H,1-6H3. The monoisotopic (exact) mass is 426 g/mol. The molecule has 0 saturated carbocycles. The van der Waals surface area contributed by atoms with Crippen LogP contribution in [-0.2, 0) is 0 Å². The normalized spacial score (nSPS) is 11.2. The minimum atomic E-state index is -1.40. The molecule has 0 N–H and O–H groups in total. The Hall–Kier alpha value is -0.266. The Morgan fingerprint density at radius 1 is 0.700 bits per heavy atom. The number of benzene rings is 1. The zero-order valence-corrected chi connectivity index (χ0v) is 18.1. The van der Waals surface area contributed by atoms with E-state index in [-0.39, 0.29) is 0 Å². The number of hydrogen-bond donors (Lipinski definition) is 0. The van der Waals surface area contributed by atoms with Crippen LogP contribution in [0.15, 0.2) is 21.1 Å². The second-order valence-corrected chi connectivity index (χ2v) is 18.0. The predicted molar refractivity (Wildman–Crippen MR) is 102 cm³/mol. The summed E-state index contributed by atoms with van der Waals surface area (Å²) >= 11 is 7.21. The van der Waals surface area contributed by atoms with Gasteiger partial charge in [0.1, 0.15) is 16.1 Å². The molecule has 0 aliphatic heterocycles. The highest BCUT2D eigenvalue weighted by molar-refractivity contribution is 9.11. The Kier molecular flexibility index (Phi) is 5.93. The van der Waals surface area contributed by atoms with E-state index in [0.717, 1.165) is 20.1 Å². The lowest BCUT2D eigenvalue weighted by molar-refractivity contribution is 1.50. The average molecular weight is 428 g/mol. The van der Waals surface area contributed by atoms with Crippen molar-refractivity contribution < 1.29 is 0 Å². The summed E-state index contributed by atoms with van der Waals surface area (Å²) in [6.07, 6.45) is 0. The van der Waals surface area contributed by atoms with Gasteiger partial charge < -0.3 is 0 Å². The Labute approximate surface area is 142 Å². The van der Waals surface area contributed by atoms with Crippen LogP contribution in [0.25, 0.3) is 0 Å². The molecule has 4 heteroatoms. The summed E-state index contributed by atoms with van der Waals surface area (Å²) in [5, 5.41) is 0. The molecule has 1 rings (SSSR count). The Balaban J connectivity index is 3.45. The molecule has 0 fully saturated rings. The molecule has 1 aromatic carbocycles. The molecule has 0 bridgehead atoms. The van der Waals surface area contributed by atoms with Crippen LogP contribution in [0.3, 0.4) is 0 Å². The molecule has 0 nitrogen and oxygen atoms in total. The highest BCUT2D eigenvalue weighted by Gasteiger charge is 2.12. The fourth-order valence-electron chi connectivity index (χ4n) is 1.30. The fourth-order valence-corrected chi connectivity index (χ4v) is 3.16. The minimum Gasteiger partial charge on any atom is -0.127 e. The second kappa shape index (κ2) is 6.66. The SMILES string of the molecule is C[Si](C)(C)C#Cc1c(Br)ccc(Br)c1C#C[Si](C)(C)C. The first-order valence-corrected chi connectivity index (χ1v) is 15.1. The molecule has 20 heavy (non-hydrogen) atoms. The summed E-state index contributed by atoms with van der Waals surface area (Å²) in [5.41, 5.74) is 8.86. The predicted octanol–water partition coefficient (Wildman–Crippen LogP) is 5.67. The van der Waals surface area contributed by atoms with Gasteiger partial charge in [0.25, 0.3) is 0 Å². The van der Waals surface area contributed by atoms with E-state index >= 15 is 0 Å². The molecule has 1 aromatic rings. The summed E-state index contributed by atoms with van der Waals surface area (Å²) in [6.45, 7) is 13.5. The van der Waals surface area contributed by atoms with Crippen molar-refractivity contribution in [2.45, 2.75) is 39.3 Å². The smallest absolute Gasteiger partial charge is 0.127 e. The Morgan fingerprint density at radius 2 is 1.00 bits per heavy atom. The zero-order chi connectivity index (χ0) is 15.6. The van der Waals surface area contributed by atoms with Crippen molar-refractivity contribution in [2.24, 2.45) is 0 Å². The van der Waals surface area contributed by atoms with Crippen molar-refractivity contribution in [1.82, 2.24) is 0 Å². The van der Waals surface area contributed by atoms with Crippen LogP contribution in [0.1, 0.15) is 11.1 Å². The molecule has 0 atom stereocenters. The second-order valence-electron chi connectivity index (χ2n) is 6.78. The zero-order valence-electron chi connectivity index (χ0n) is 12.9. The van der Waals surface area contributed by atoms with Gasteiger partial charge in [-0.2, -0.15) is 0 Å². The maximum Gasteiger partial charge on any atom is 0.129 e. The third-order valence-electron chi connectivity index (χ3n) is 2.23.